The van der Waals surface area contributed by atoms with Gasteiger partial charge in [-0.15, -0.1) is 11.3 Å². The van der Waals surface area contributed by atoms with E-state index in [1.807, 2.05) is 41.1 Å². The number of thiazole rings is 1. The molecule has 2 heterocycles. The standard InChI is InChI=1S/C14H14ClN3OS/c1-9-3-4-10(15)11(7-9)16-8-12-13(19-2)17-14-18(12)5-6-20-14/h3-7,16H,8H2,1-2H3. The molecule has 4 nitrogen and oxygen atoms in total. The van der Waals surface area contributed by atoms with Crippen LogP contribution in [0.5, 0.6) is 5.88 Å². The Kier molecular flexibility index (Phi) is 3.54. The highest BCUT2D eigenvalue weighted by molar-refractivity contribution is 7.15. The van der Waals surface area contributed by atoms with Crippen LogP contribution >= 0.6 is 22.9 Å². The highest BCUT2D eigenvalue weighted by Crippen LogP contribution is 2.27. The third-order valence-electron chi connectivity index (χ3n) is 3.09. The first-order chi connectivity index (χ1) is 9.69. The van der Waals surface area contributed by atoms with Crippen LogP contribution in [0.4, 0.5) is 5.69 Å². The van der Waals surface area contributed by atoms with Gasteiger partial charge in [-0.05, 0) is 24.6 Å². The first-order valence-corrected chi connectivity index (χ1v) is 7.43. The number of hydrogen-bond donors (Lipinski definition) is 1. The van der Waals surface area contributed by atoms with Crippen molar-refractivity contribution < 1.29 is 4.74 Å². The molecular formula is C14H14ClN3OS. The molecule has 0 atom stereocenters. The van der Waals surface area contributed by atoms with Crippen LogP contribution in [-0.2, 0) is 6.54 Å². The first kappa shape index (κ1) is 13.3. The molecule has 0 unspecified atom stereocenters. The highest BCUT2D eigenvalue weighted by atomic mass is 35.5. The fraction of sp³-hybridized carbons (Fsp3) is 0.214. The van der Waals surface area contributed by atoms with Crippen molar-refractivity contribution >= 4 is 33.6 Å². The molecular weight excluding hydrogens is 294 g/mol. The molecule has 0 amide bonds. The van der Waals surface area contributed by atoms with Crippen LogP contribution in [0.3, 0.4) is 0 Å². The van der Waals surface area contributed by atoms with Crippen LogP contribution in [0.1, 0.15) is 11.3 Å². The normalized spacial score (nSPS) is 10.9. The van der Waals surface area contributed by atoms with Crippen LogP contribution in [0.2, 0.25) is 5.02 Å². The summed E-state index contributed by atoms with van der Waals surface area (Å²) in [4.78, 5) is 5.35. The average molecular weight is 308 g/mol. The maximum absolute atomic E-state index is 6.19. The molecule has 0 fully saturated rings. The number of rotatable bonds is 4. The number of halogens is 1. The number of imidazole rings is 1. The van der Waals surface area contributed by atoms with E-state index in [0.29, 0.717) is 17.4 Å². The number of benzene rings is 1. The van der Waals surface area contributed by atoms with Crippen molar-refractivity contribution in [1.82, 2.24) is 9.38 Å². The van der Waals surface area contributed by atoms with Gasteiger partial charge in [0, 0.05) is 11.6 Å². The summed E-state index contributed by atoms with van der Waals surface area (Å²) < 4.78 is 7.36. The lowest BCUT2D eigenvalue weighted by molar-refractivity contribution is 0.395. The molecule has 0 spiro atoms. The minimum atomic E-state index is 0.601. The fourth-order valence-electron chi connectivity index (χ4n) is 2.09. The quantitative estimate of drug-likeness (QED) is 0.792. The fourth-order valence-corrected chi connectivity index (χ4v) is 3.00. The van der Waals surface area contributed by atoms with Crippen molar-refractivity contribution in [2.45, 2.75) is 13.5 Å². The number of hydrogen-bond acceptors (Lipinski definition) is 4. The second-order valence-corrected chi connectivity index (χ2v) is 5.74. The van der Waals surface area contributed by atoms with Crippen molar-refractivity contribution in [3.63, 3.8) is 0 Å². The zero-order valence-corrected chi connectivity index (χ0v) is 12.8. The summed E-state index contributed by atoms with van der Waals surface area (Å²) in [6.45, 7) is 2.64. The van der Waals surface area contributed by atoms with E-state index in [9.17, 15) is 0 Å². The summed E-state index contributed by atoms with van der Waals surface area (Å²) in [6, 6.07) is 5.91. The van der Waals surface area contributed by atoms with E-state index in [4.69, 9.17) is 16.3 Å². The monoisotopic (exact) mass is 307 g/mol. The van der Waals surface area contributed by atoms with Crippen molar-refractivity contribution in [2.24, 2.45) is 0 Å². The predicted molar refractivity (Wildman–Crippen MR) is 83.1 cm³/mol. The minimum absolute atomic E-state index is 0.601. The third-order valence-corrected chi connectivity index (χ3v) is 4.17. The molecule has 3 aromatic rings. The third kappa shape index (κ3) is 2.34. The van der Waals surface area contributed by atoms with Crippen LogP contribution in [0.15, 0.2) is 29.8 Å². The number of ether oxygens (including phenoxy) is 1. The van der Waals surface area contributed by atoms with Gasteiger partial charge in [0.1, 0.15) is 5.69 Å². The van der Waals surface area contributed by atoms with Crippen molar-refractivity contribution in [1.29, 1.82) is 0 Å². The molecule has 0 aliphatic heterocycles. The molecule has 6 heteroatoms. The Bertz CT molecular complexity index is 750. The van der Waals surface area contributed by atoms with E-state index < -0.39 is 0 Å². The summed E-state index contributed by atoms with van der Waals surface area (Å²) in [5.74, 6) is 0.646. The van der Waals surface area contributed by atoms with Gasteiger partial charge in [0.15, 0.2) is 4.96 Å². The second-order valence-electron chi connectivity index (χ2n) is 4.46. The lowest BCUT2D eigenvalue weighted by Gasteiger charge is -2.09. The van der Waals surface area contributed by atoms with Gasteiger partial charge in [0.05, 0.1) is 24.4 Å². The summed E-state index contributed by atoms with van der Waals surface area (Å²) >= 11 is 7.78. The molecule has 0 saturated heterocycles. The Hall–Kier alpha value is -1.72. The van der Waals surface area contributed by atoms with E-state index in [1.165, 1.54) is 0 Å². The summed E-state index contributed by atoms with van der Waals surface area (Å²) in [6.07, 6.45) is 1.99. The number of nitrogens with zero attached hydrogens (tertiary/aromatic N) is 2. The smallest absolute Gasteiger partial charge is 0.238 e. The van der Waals surface area contributed by atoms with Crippen LogP contribution in [0.25, 0.3) is 4.96 Å². The lowest BCUT2D eigenvalue weighted by atomic mass is 10.2. The molecule has 0 saturated carbocycles. The molecule has 104 valence electrons. The van der Waals surface area contributed by atoms with E-state index in [-0.39, 0.29) is 0 Å². The average Bonchev–Trinajstić information content (AvgIpc) is 3.00. The van der Waals surface area contributed by atoms with Crippen molar-refractivity contribution in [2.75, 3.05) is 12.4 Å². The first-order valence-electron chi connectivity index (χ1n) is 6.17. The molecule has 1 aromatic carbocycles. The van der Waals surface area contributed by atoms with Gasteiger partial charge >= 0.3 is 0 Å². The maximum Gasteiger partial charge on any atom is 0.238 e. The second kappa shape index (κ2) is 5.34. The Morgan fingerprint density at radius 2 is 2.30 bits per heavy atom. The molecule has 20 heavy (non-hydrogen) atoms. The topological polar surface area (TPSA) is 38.6 Å². The van der Waals surface area contributed by atoms with Crippen LogP contribution < -0.4 is 10.1 Å². The summed E-state index contributed by atoms with van der Waals surface area (Å²) in [7, 11) is 1.63. The maximum atomic E-state index is 6.19. The van der Waals surface area contributed by atoms with Gasteiger partial charge in [0.25, 0.3) is 0 Å². The largest absolute Gasteiger partial charge is 0.480 e. The van der Waals surface area contributed by atoms with E-state index >= 15 is 0 Å². The van der Waals surface area contributed by atoms with E-state index in [1.54, 1.807) is 18.4 Å². The van der Waals surface area contributed by atoms with Crippen molar-refractivity contribution in [3.05, 3.63) is 46.1 Å². The lowest BCUT2D eigenvalue weighted by Crippen LogP contribution is -2.04. The van der Waals surface area contributed by atoms with E-state index in [2.05, 4.69) is 10.3 Å². The SMILES string of the molecule is COc1nc2sccn2c1CNc1cc(C)ccc1Cl. The van der Waals surface area contributed by atoms with Gasteiger partial charge < -0.3 is 10.1 Å². The molecule has 0 radical (unpaired) electrons. The Morgan fingerprint density at radius 1 is 1.45 bits per heavy atom. The molecule has 0 aliphatic carbocycles. The van der Waals surface area contributed by atoms with E-state index in [0.717, 1.165) is 21.9 Å². The van der Waals surface area contributed by atoms with Gasteiger partial charge in [-0.25, -0.2) is 0 Å². The van der Waals surface area contributed by atoms with Crippen LogP contribution in [-0.4, -0.2) is 16.5 Å². The number of fused-ring (bicyclic) bond motifs is 1. The van der Waals surface area contributed by atoms with Gasteiger partial charge in [-0.3, -0.25) is 4.40 Å². The molecule has 0 aliphatic rings. The molecule has 0 bridgehead atoms. The molecule has 1 N–H and O–H groups in total. The minimum Gasteiger partial charge on any atom is -0.480 e. The Labute approximate surface area is 126 Å². The number of anilines is 1. The van der Waals surface area contributed by atoms with Gasteiger partial charge in [-0.1, -0.05) is 17.7 Å². The zero-order valence-electron chi connectivity index (χ0n) is 11.2. The Balaban J connectivity index is 1.89. The van der Waals surface area contributed by atoms with Gasteiger partial charge in [-0.2, -0.15) is 4.98 Å². The van der Waals surface area contributed by atoms with Gasteiger partial charge in [0.2, 0.25) is 5.88 Å². The number of aryl methyl sites for hydroxylation is 1. The predicted octanol–water partition coefficient (Wildman–Crippen LogP) is 3.98. The highest BCUT2D eigenvalue weighted by Gasteiger charge is 2.13. The summed E-state index contributed by atoms with van der Waals surface area (Å²) in [5, 5.41) is 6.06. The zero-order chi connectivity index (χ0) is 14.1. The van der Waals surface area contributed by atoms with Crippen molar-refractivity contribution in [3.8, 4) is 5.88 Å². The Morgan fingerprint density at radius 3 is 3.10 bits per heavy atom. The van der Waals surface area contributed by atoms with Crippen LogP contribution in [0, 0.1) is 6.92 Å². The number of aromatic nitrogens is 2. The molecule has 3 rings (SSSR count). The molecule has 2 aromatic heterocycles. The number of nitrogens with one attached hydrogen (secondary N) is 1. The summed E-state index contributed by atoms with van der Waals surface area (Å²) in [5.41, 5.74) is 3.07. The number of methoxy groups -OCH3 is 1.